The van der Waals surface area contributed by atoms with E-state index in [1.807, 2.05) is 18.0 Å². The predicted octanol–water partition coefficient (Wildman–Crippen LogP) is 4.78. The topological polar surface area (TPSA) is 66.5 Å². The molecule has 6 rings (SSSR count). The van der Waals surface area contributed by atoms with E-state index >= 15 is 0 Å². The van der Waals surface area contributed by atoms with Crippen molar-refractivity contribution in [2.75, 3.05) is 18.3 Å². The summed E-state index contributed by atoms with van der Waals surface area (Å²) >= 11 is 0. The molecular formula is C25H30N2O3S. The smallest absolute Gasteiger partial charge is 0.261 e. The Morgan fingerprint density at radius 3 is 2.03 bits per heavy atom. The maximum atomic E-state index is 13.1. The molecule has 0 unspecified atom stereocenters. The van der Waals surface area contributed by atoms with E-state index in [4.69, 9.17) is 0 Å². The van der Waals surface area contributed by atoms with Crippen LogP contribution in [0, 0.1) is 23.2 Å². The molecule has 0 aromatic heterocycles. The maximum absolute atomic E-state index is 13.1. The largest absolute Gasteiger partial charge is 0.341 e. The van der Waals surface area contributed by atoms with Gasteiger partial charge in [0, 0.05) is 24.8 Å². The van der Waals surface area contributed by atoms with Crippen LogP contribution >= 0.6 is 0 Å². The van der Waals surface area contributed by atoms with Gasteiger partial charge in [-0.15, -0.1) is 0 Å². The number of nitrogens with one attached hydrogen (secondary N) is 1. The molecule has 4 bridgehead atoms. The van der Waals surface area contributed by atoms with E-state index in [2.05, 4.69) is 4.72 Å². The number of carbonyl (C=O) groups is 1. The van der Waals surface area contributed by atoms with Gasteiger partial charge in [-0.1, -0.05) is 18.2 Å². The van der Waals surface area contributed by atoms with Crippen molar-refractivity contribution < 1.29 is 13.2 Å². The summed E-state index contributed by atoms with van der Waals surface area (Å²) in [7, 11) is -1.80. The molecule has 2 aromatic carbocycles. The Bertz CT molecular complexity index is 1030. The molecule has 4 fully saturated rings. The zero-order valence-corrected chi connectivity index (χ0v) is 18.8. The SMILES string of the molecule is CN(CC12CC3CC(CC(C3)C1)C2)C(=O)c1ccc(S(=O)(=O)Nc2ccccc2)cc1. The Labute approximate surface area is 184 Å². The molecule has 1 N–H and O–H groups in total. The minimum absolute atomic E-state index is 0.0317. The summed E-state index contributed by atoms with van der Waals surface area (Å²) in [5.41, 5.74) is 1.34. The van der Waals surface area contributed by atoms with E-state index in [0.29, 0.717) is 16.7 Å². The molecule has 0 atom stereocenters. The second-order valence-corrected chi connectivity index (χ2v) is 11.8. The molecule has 0 radical (unpaired) electrons. The lowest BCUT2D eigenvalue weighted by atomic mass is 9.49. The van der Waals surface area contributed by atoms with Crippen LogP contribution in [0.15, 0.2) is 59.5 Å². The van der Waals surface area contributed by atoms with Gasteiger partial charge in [-0.25, -0.2) is 8.42 Å². The van der Waals surface area contributed by atoms with E-state index in [9.17, 15) is 13.2 Å². The highest BCUT2D eigenvalue weighted by Gasteiger charge is 2.51. The fraction of sp³-hybridized carbons (Fsp3) is 0.480. The van der Waals surface area contributed by atoms with Crippen molar-refractivity contribution >= 4 is 21.6 Å². The number of benzene rings is 2. The van der Waals surface area contributed by atoms with Crippen LogP contribution in [0.25, 0.3) is 0 Å². The van der Waals surface area contributed by atoms with Crippen molar-refractivity contribution in [1.82, 2.24) is 4.90 Å². The molecule has 4 aliphatic rings. The summed E-state index contributed by atoms with van der Waals surface area (Å²) in [5.74, 6) is 2.54. The molecule has 4 saturated carbocycles. The number of carbonyl (C=O) groups excluding carboxylic acids is 1. The third kappa shape index (κ3) is 4.10. The average molecular weight is 439 g/mol. The van der Waals surface area contributed by atoms with Crippen LogP contribution in [0.5, 0.6) is 0 Å². The third-order valence-corrected chi connectivity index (χ3v) is 8.92. The fourth-order valence-corrected chi connectivity index (χ4v) is 7.83. The van der Waals surface area contributed by atoms with E-state index in [-0.39, 0.29) is 10.8 Å². The van der Waals surface area contributed by atoms with Crippen molar-refractivity contribution in [3.05, 3.63) is 60.2 Å². The van der Waals surface area contributed by atoms with Gasteiger partial charge in [0.2, 0.25) is 0 Å². The van der Waals surface area contributed by atoms with Crippen molar-refractivity contribution in [2.24, 2.45) is 23.2 Å². The van der Waals surface area contributed by atoms with E-state index in [1.54, 1.807) is 36.4 Å². The highest BCUT2D eigenvalue weighted by molar-refractivity contribution is 7.92. The average Bonchev–Trinajstić information content (AvgIpc) is 2.72. The Hall–Kier alpha value is -2.34. The van der Waals surface area contributed by atoms with Crippen LogP contribution in [0.2, 0.25) is 0 Å². The van der Waals surface area contributed by atoms with E-state index in [0.717, 1.165) is 24.3 Å². The molecule has 2 aromatic rings. The molecular weight excluding hydrogens is 408 g/mol. The monoisotopic (exact) mass is 438 g/mol. The van der Waals surface area contributed by atoms with Gasteiger partial charge < -0.3 is 4.90 Å². The van der Waals surface area contributed by atoms with Crippen molar-refractivity contribution in [2.45, 2.75) is 43.4 Å². The number of anilines is 1. The molecule has 4 aliphatic carbocycles. The fourth-order valence-electron chi connectivity index (χ4n) is 6.78. The summed E-state index contributed by atoms with van der Waals surface area (Å²) in [6, 6.07) is 15.1. The summed E-state index contributed by atoms with van der Waals surface area (Å²) in [6.07, 6.45) is 7.97. The Balaban J connectivity index is 1.27. The van der Waals surface area contributed by atoms with Gasteiger partial charge in [0.1, 0.15) is 0 Å². The standard InChI is InChI=1S/C25H30N2O3S/c1-27(17-25-14-18-11-19(15-25)13-20(12-18)16-25)24(28)21-7-9-23(10-8-21)31(29,30)26-22-5-3-2-4-6-22/h2-10,18-20,26H,11-17H2,1H3. The van der Waals surface area contributed by atoms with Gasteiger partial charge in [0.25, 0.3) is 15.9 Å². The molecule has 164 valence electrons. The first-order valence-corrected chi connectivity index (χ1v) is 12.7. The lowest BCUT2D eigenvalue weighted by Gasteiger charge is -2.57. The zero-order chi connectivity index (χ0) is 21.6. The van der Waals surface area contributed by atoms with Gasteiger partial charge in [0.05, 0.1) is 4.90 Å². The number of hydrogen-bond acceptors (Lipinski definition) is 3. The molecule has 1 amide bonds. The summed E-state index contributed by atoms with van der Waals surface area (Å²) < 4.78 is 27.8. The third-order valence-electron chi connectivity index (χ3n) is 7.52. The Morgan fingerprint density at radius 2 is 1.48 bits per heavy atom. The maximum Gasteiger partial charge on any atom is 0.261 e. The van der Waals surface area contributed by atoms with Crippen LogP contribution in [0.3, 0.4) is 0 Å². The number of para-hydroxylation sites is 1. The van der Waals surface area contributed by atoms with Crippen LogP contribution in [-0.2, 0) is 10.0 Å². The van der Waals surface area contributed by atoms with Gasteiger partial charge in [-0.2, -0.15) is 0 Å². The first kappa shape index (κ1) is 20.6. The van der Waals surface area contributed by atoms with Crippen LogP contribution in [0.4, 0.5) is 5.69 Å². The number of sulfonamides is 1. The molecule has 0 saturated heterocycles. The van der Waals surface area contributed by atoms with Crippen LogP contribution < -0.4 is 4.72 Å². The lowest BCUT2D eigenvalue weighted by Crippen LogP contribution is -2.51. The summed E-state index contributed by atoms with van der Waals surface area (Å²) in [4.78, 5) is 15.1. The van der Waals surface area contributed by atoms with Crippen molar-refractivity contribution in [3.63, 3.8) is 0 Å². The van der Waals surface area contributed by atoms with Gasteiger partial charge >= 0.3 is 0 Å². The highest BCUT2D eigenvalue weighted by atomic mass is 32.2. The molecule has 0 heterocycles. The van der Waals surface area contributed by atoms with Gasteiger partial charge in [-0.05, 0) is 98.1 Å². The summed E-state index contributed by atoms with van der Waals surface area (Å²) in [5, 5.41) is 0. The van der Waals surface area contributed by atoms with Crippen LogP contribution in [0.1, 0.15) is 48.9 Å². The predicted molar refractivity (Wildman–Crippen MR) is 121 cm³/mol. The zero-order valence-electron chi connectivity index (χ0n) is 18.0. The second-order valence-electron chi connectivity index (χ2n) is 10.1. The van der Waals surface area contributed by atoms with Crippen molar-refractivity contribution in [3.8, 4) is 0 Å². The number of hydrogen-bond donors (Lipinski definition) is 1. The minimum atomic E-state index is -3.69. The minimum Gasteiger partial charge on any atom is -0.341 e. The number of rotatable bonds is 6. The normalized spacial score (nSPS) is 29.0. The summed E-state index contributed by atoms with van der Waals surface area (Å²) in [6.45, 7) is 0.810. The van der Waals surface area contributed by atoms with Crippen molar-refractivity contribution in [1.29, 1.82) is 0 Å². The number of nitrogens with zero attached hydrogens (tertiary/aromatic N) is 1. The molecule has 0 spiro atoms. The first-order valence-electron chi connectivity index (χ1n) is 11.3. The molecule has 5 nitrogen and oxygen atoms in total. The molecule has 0 aliphatic heterocycles. The van der Waals surface area contributed by atoms with Gasteiger partial charge in [0.15, 0.2) is 0 Å². The quantitative estimate of drug-likeness (QED) is 0.706. The first-order chi connectivity index (χ1) is 14.8. The highest BCUT2D eigenvalue weighted by Crippen LogP contribution is 2.60. The van der Waals surface area contributed by atoms with Gasteiger partial charge in [-0.3, -0.25) is 9.52 Å². The number of amides is 1. The van der Waals surface area contributed by atoms with E-state index in [1.165, 1.54) is 50.7 Å². The second kappa shape index (κ2) is 7.66. The van der Waals surface area contributed by atoms with Crippen LogP contribution in [-0.4, -0.2) is 32.8 Å². The molecule has 31 heavy (non-hydrogen) atoms. The molecule has 6 heteroatoms. The lowest BCUT2D eigenvalue weighted by molar-refractivity contribution is -0.0629. The Kier molecular flexibility index (Phi) is 5.08. The Morgan fingerprint density at radius 1 is 0.935 bits per heavy atom. The van der Waals surface area contributed by atoms with E-state index < -0.39 is 10.0 Å².